The summed E-state index contributed by atoms with van der Waals surface area (Å²) in [7, 11) is 1.33. The molecule has 1 aromatic rings. The molecule has 1 rings (SSSR count). The standard InChI is InChI=1S/C8H8O3/c1-11-8(10)6-2-4-7(9)5-3-6/h2-5,9H,1H3/p+1. The average Bonchev–Trinajstić information content (AvgIpc) is 2.05. The summed E-state index contributed by atoms with van der Waals surface area (Å²) in [6.45, 7) is 0. The van der Waals surface area contributed by atoms with Gasteiger partial charge in [0.15, 0.2) is 0 Å². The molecule has 0 atom stereocenters. The van der Waals surface area contributed by atoms with Crippen LogP contribution in [0.4, 0.5) is 0 Å². The molecule has 0 amide bonds. The van der Waals surface area contributed by atoms with Crippen molar-refractivity contribution in [3.05, 3.63) is 29.8 Å². The monoisotopic (exact) mass is 153 g/mol. The summed E-state index contributed by atoms with van der Waals surface area (Å²) in [5.74, 6) is 0.0163. The van der Waals surface area contributed by atoms with Gasteiger partial charge in [0.25, 0.3) is 5.75 Å². The van der Waals surface area contributed by atoms with E-state index < -0.39 is 0 Å². The predicted octanol–water partition coefficient (Wildman–Crippen LogP) is 0.911. The average molecular weight is 153 g/mol. The molecule has 58 valence electrons. The first kappa shape index (κ1) is 7.60. The van der Waals surface area contributed by atoms with Crippen molar-refractivity contribution in [2.45, 2.75) is 0 Å². The van der Waals surface area contributed by atoms with E-state index in [1.54, 1.807) is 24.3 Å². The van der Waals surface area contributed by atoms with Crippen molar-refractivity contribution in [1.82, 2.24) is 0 Å². The van der Waals surface area contributed by atoms with Gasteiger partial charge in [-0.2, -0.15) is 0 Å². The van der Waals surface area contributed by atoms with Crippen molar-refractivity contribution in [2.24, 2.45) is 0 Å². The van der Waals surface area contributed by atoms with Crippen molar-refractivity contribution in [2.75, 3.05) is 7.11 Å². The van der Waals surface area contributed by atoms with Crippen LogP contribution in [0.3, 0.4) is 0 Å². The molecule has 0 radical (unpaired) electrons. The smallest absolute Gasteiger partial charge is 0.337 e. The second-order valence-corrected chi connectivity index (χ2v) is 2.07. The Kier molecular flexibility index (Phi) is 2.11. The minimum absolute atomic E-state index is 0.370. The van der Waals surface area contributed by atoms with Gasteiger partial charge in [-0.3, -0.25) is 0 Å². The van der Waals surface area contributed by atoms with Gasteiger partial charge < -0.3 is 9.84 Å². The van der Waals surface area contributed by atoms with Gasteiger partial charge in [0, 0.05) is 12.1 Å². The second kappa shape index (κ2) is 3.05. The summed E-state index contributed by atoms with van der Waals surface area (Å²) < 4.78 is 4.48. The van der Waals surface area contributed by atoms with Crippen molar-refractivity contribution in [3.8, 4) is 5.75 Å². The van der Waals surface area contributed by atoms with Gasteiger partial charge in [0.05, 0.1) is 12.7 Å². The molecule has 0 aliphatic rings. The Balaban J connectivity index is 2.90. The van der Waals surface area contributed by atoms with Gasteiger partial charge >= 0.3 is 5.97 Å². The van der Waals surface area contributed by atoms with Crippen molar-refractivity contribution in [1.29, 1.82) is 0 Å². The van der Waals surface area contributed by atoms with Gasteiger partial charge in [-0.05, 0) is 12.1 Å². The number of carbonyl (C=O) groups is 1. The highest BCUT2D eigenvalue weighted by Crippen LogP contribution is 2.09. The van der Waals surface area contributed by atoms with E-state index >= 15 is 0 Å². The maximum absolute atomic E-state index is 10.8. The zero-order valence-corrected chi connectivity index (χ0v) is 6.13. The summed E-state index contributed by atoms with van der Waals surface area (Å²) in [5.41, 5.74) is 0.475. The van der Waals surface area contributed by atoms with Gasteiger partial charge in [0.1, 0.15) is 0 Å². The molecular formula is C8H9O3+. The van der Waals surface area contributed by atoms with Gasteiger partial charge in [-0.25, -0.2) is 4.79 Å². The van der Waals surface area contributed by atoms with E-state index in [0.29, 0.717) is 11.3 Å². The number of benzene rings is 1. The molecule has 2 N–H and O–H groups in total. The van der Waals surface area contributed by atoms with E-state index in [4.69, 9.17) is 5.11 Å². The molecule has 0 saturated carbocycles. The fourth-order valence-corrected chi connectivity index (χ4v) is 0.724. The van der Waals surface area contributed by atoms with Crippen molar-refractivity contribution >= 4 is 5.97 Å². The Morgan fingerprint density at radius 3 is 2.36 bits per heavy atom. The number of methoxy groups -OCH3 is 1. The Labute approximate surface area is 64.2 Å². The highest BCUT2D eigenvalue weighted by atomic mass is 16.5. The van der Waals surface area contributed by atoms with E-state index in [0.717, 1.165) is 0 Å². The van der Waals surface area contributed by atoms with E-state index in [1.807, 2.05) is 0 Å². The number of hydrogen-bond acceptors (Lipinski definition) is 2. The summed E-state index contributed by atoms with van der Waals surface area (Å²) in [4.78, 5) is 10.8. The van der Waals surface area contributed by atoms with E-state index in [2.05, 4.69) is 4.74 Å². The molecule has 11 heavy (non-hydrogen) atoms. The minimum atomic E-state index is -0.370. The highest BCUT2D eigenvalue weighted by molar-refractivity contribution is 5.89. The number of rotatable bonds is 1. The van der Waals surface area contributed by atoms with Gasteiger partial charge in [0.2, 0.25) is 0 Å². The van der Waals surface area contributed by atoms with Gasteiger partial charge in [-0.1, -0.05) is 0 Å². The maximum Gasteiger partial charge on any atom is 0.337 e. The minimum Gasteiger partial charge on any atom is -0.593 e. The third-order valence-electron chi connectivity index (χ3n) is 1.31. The van der Waals surface area contributed by atoms with Crippen LogP contribution in [-0.4, -0.2) is 18.2 Å². The maximum atomic E-state index is 10.8. The SMILES string of the molecule is COC(=O)c1ccc([OH2+])cc1. The van der Waals surface area contributed by atoms with Crippen molar-refractivity contribution < 1.29 is 14.6 Å². The molecule has 1 aromatic carbocycles. The van der Waals surface area contributed by atoms with Crippen LogP contribution in [0.25, 0.3) is 0 Å². The normalized spacial score (nSPS) is 9.18. The van der Waals surface area contributed by atoms with Crippen LogP contribution in [0.1, 0.15) is 10.4 Å². The van der Waals surface area contributed by atoms with E-state index in [1.165, 1.54) is 7.11 Å². The van der Waals surface area contributed by atoms with Crippen LogP contribution in [0.5, 0.6) is 5.75 Å². The number of esters is 1. The lowest BCUT2D eigenvalue weighted by Crippen LogP contribution is -1.99. The molecule has 0 heterocycles. The van der Waals surface area contributed by atoms with E-state index in [-0.39, 0.29) is 5.97 Å². The lowest BCUT2D eigenvalue weighted by molar-refractivity contribution is 0.0601. The summed E-state index contributed by atoms with van der Waals surface area (Å²) in [5, 5.41) is 7.14. The van der Waals surface area contributed by atoms with Crippen LogP contribution < -0.4 is 0 Å². The predicted molar refractivity (Wildman–Crippen MR) is 40.8 cm³/mol. The van der Waals surface area contributed by atoms with E-state index in [9.17, 15) is 4.79 Å². The van der Waals surface area contributed by atoms with Crippen LogP contribution in [0, 0.1) is 0 Å². The molecular weight excluding hydrogens is 144 g/mol. The second-order valence-electron chi connectivity index (χ2n) is 2.07. The Morgan fingerprint density at radius 2 is 1.91 bits per heavy atom. The molecule has 0 aromatic heterocycles. The molecule has 0 fully saturated rings. The topological polar surface area (TPSA) is 49.2 Å². The van der Waals surface area contributed by atoms with Crippen LogP contribution in [0.2, 0.25) is 0 Å². The highest BCUT2D eigenvalue weighted by Gasteiger charge is 2.03. The van der Waals surface area contributed by atoms with Crippen LogP contribution >= 0.6 is 0 Å². The molecule has 0 aliphatic carbocycles. The Morgan fingerprint density at radius 1 is 1.36 bits per heavy atom. The Bertz CT molecular complexity index is 251. The zero-order chi connectivity index (χ0) is 8.27. The lowest BCUT2D eigenvalue weighted by Gasteiger charge is -1.96. The molecule has 0 unspecified atom stereocenters. The molecule has 3 nitrogen and oxygen atoms in total. The quantitative estimate of drug-likeness (QED) is 0.444. The summed E-state index contributed by atoms with van der Waals surface area (Å²) in [6.07, 6.45) is 0. The first-order valence-corrected chi connectivity index (χ1v) is 3.14. The largest absolute Gasteiger partial charge is 0.593 e. The Hall–Kier alpha value is -1.51. The summed E-state index contributed by atoms with van der Waals surface area (Å²) in [6, 6.07) is 6.22. The third kappa shape index (κ3) is 1.70. The fraction of sp³-hybridized carbons (Fsp3) is 0.125. The number of carbonyl (C=O) groups excluding carboxylic acids is 1. The zero-order valence-electron chi connectivity index (χ0n) is 6.13. The molecule has 0 spiro atoms. The molecule has 3 heteroatoms. The molecule has 0 bridgehead atoms. The molecule has 0 aliphatic heterocycles. The van der Waals surface area contributed by atoms with Crippen LogP contribution in [-0.2, 0) is 4.74 Å². The van der Waals surface area contributed by atoms with Crippen molar-refractivity contribution in [3.63, 3.8) is 0 Å². The molecule has 0 saturated heterocycles. The van der Waals surface area contributed by atoms with Gasteiger partial charge in [-0.15, -0.1) is 0 Å². The fourth-order valence-electron chi connectivity index (χ4n) is 0.724. The number of ether oxygens (including phenoxy) is 1. The third-order valence-corrected chi connectivity index (χ3v) is 1.31. The van der Waals surface area contributed by atoms with Crippen LogP contribution in [0.15, 0.2) is 24.3 Å². The first-order chi connectivity index (χ1) is 5.24. The number of hydrogen-bond donors (Lipinski definition) is 0. The summed E-state index contributed by atoms with van der Waals surface area (Å²) >= 11 is 0. The first-order valence-electron chi connectivity index (χ1n) is 3.14. The lowest BCUT2D eigenvalue weighted by atomic mass is 10.2.